The van der Waals surface area contributed by atoms with Crippen LogP contribution in [0.3, 0.4) is 0 Å². The van der Waals surface area contributed by atoms with Crippen molar-refractivity contribution in [2.24, 2.45) is 12.8 Å². The number of hydrogen-bond donors (Lipinski definition) is 2. The Morgan fingerprint density at radius 2 is 2.28 bits per heavy atom. The molecule has 2 rings (SSSR count). The highest BCUT2D eigenvalue weighted by Crippen LogP contribution is 2.27. The van der Waals surface area contributed by atoms with Gasteiger partial charge >= 0.3 is 0 Å². The molecule has 0 atom stereocenters. The van der Waals surface area contributed by atoms with E-state index < -0.39 is 0 Å². The molecule has 5 heteroatoms. The maximum atomic E-state index is 13.3. The van der Waals surface area contributed by atoms with Gasteiger partial charge in [-0.05, 0) is 25.1 Å². The van der Waals surface area contributed by atoms with Gasteiger partial charge in [0, 0.05) is 19.2 Å². The van der Waals surface area contributed by atoms with E-state index in [0.717, 1.165) is 29.9 Å². The molecular formula is C13H17FN4. The Hall–Kier alpha value is -1.88. The third kappa shape index (κ3) is 2.68. The van der Waals surface area contributed by atoms with Crippen molar-refractivity contribution in [3.05, 3.63) is 36.3 Å². The molecule has 0 radical (unpaired) electrons. The van der Waals surface area contributed by atoms with Crippen LogP contribution < -0.4 is 11.1 Å². The fraction of sp³-hybridized carbons (Fsp3) is 0.308. The molecule has 1 aromatic heterocycles. The second-order valence-corrected chi connectivity index (χ2v) is 4.11. The number of rotatable bonds is 5. The summed E-state index contributed by atoms with van der Waals surface area (Å²) in [4.78, 5) is 0. The van der Waals surface area contributed by atoms with Crippen molar-refractivity contribution in [1.29, 1.82) is 0 Å². The average molecular weight is 248 g/mol. The minimum Gasteiger partial charge on any atom is -0.382 e. The monoisotopic (exact) mass is 248 g/mol. The average Bonchev–Trinajstić information content (AvgIpc) is 2.71. The summed E-state index contributed by atoms with van der Waals surface area (Å²) in [6, 6.07) is 6.50. The highest BCUT2D eigenvalue weighted by Gasteiger charge is 2.10. The zero-order valence-corrected chi connectivity index (χ0v) is 10.4. The van der Waals surface area contributed by atoms with Gasteiger partial charge in [0.1, 0.15) is 5.82 Å². The number of hydrogen-bond acceptors (Lipinski definition) is 3. The van der Waals surface area contributed by atoms with Gasteiger partial charge in [-0.1, -0.05) is 12.1 Å². The summed E-state index contributed by atoms with van der Waals surface area (Å²) in [6.07, 6.45) is 2.63. The van der Waals surface area contributed by atoms with E-state index in [0.29, 0.717) is 6.54 Å². The van der Waals surface area contributed by atoms with E-state index in [1.165, 1.54) is 12.1 Å². The van der Waals surface area contributed by atoms with E-state index in [2.05, 4.69) is 10.4 Å². The fourth-order valence-electron chi connectivity index (χ4n) is 1.87. The van der Waals surface area contributed by atoms with Gasteiger partial charge in [-0.3, -0.25) is 4.68 Å². The molecule has 3 N–H and O–H groups in total. The number of aryl methyl sites for hydroxylation is 1. The van der Waals surface area contributed by atoms with Crippen LogP contribution in [0.1, 0.15) is 6.42 Å². The Morgan fingerprint density at radius 1 is 1.44 bits per heavy atom. The number of aromatic nitrogens is 2. The Balaban J connectivity index is 2.29. The SMILES string of the molecule is Cn1ncc(NCCCN)c1-c1cccc(F)c1. The summed E-state index contributed by atoms with van der Waals surface area (Å²) in [5.41, 5.74) is 8.05. The minimum absolute atomic E-state index is 0.249. The molecule has 1 aromatic carbocycles. The van der Waals surface area contributed by atoms with Gasteiger partial charge < -0.3 is 11.1 Å². The molecule has 0 fully saturated rings. The second kappa shape index (κ2) is 5.64. The second-order valence-electron chi connectivity index (χ2n) is 4.11. The smallest absolute Gasteiger partial charge is 0.123 e. The van der Waals surface area contributed by atoms with E-state index in [-0.39, 0.29) is 5.82 Å². The van der Waals surface area contributed by atoms with Gasteiger partial charge in [0.15, 0.2) is 0 Å². The van der Waals surface area contributed by atoms with Crippen LogP contribution in [0, 0.1) is 5.82 Å². The highest BCUT2D eigenvalue weighted by molar-refractivity contribution is 5.74. The lowest BCUT2D eigenvalue weighted by atomic mass is 10.1. The van der Waals surface area contributed by atoms with E-state index >= 15 is 0 Å². The molecule has 0 unspecified atom stereocenters. The van der Waals surface area contributed by atoms with E-state index in [9.17, 15) is 4.39 Å². The molecule has 4 nitrogen and oxygen atoms in total. The Kier molecular flexibility index (Phi) is 3.94. The van der Waals surface area contributed by atoms with Gasteiger partial charge in [-0.25, -0.2) is 4.39 Å². The zero-order chi connectivity index (χ0) is 13.0. The molecule has 0 saturated carbocycles. The van der Waals surface area contributed by atoms with Crippen molar-refractivity contribution in [3.8, 4) is 11.3 Å². The Bertz CT molecular complexity index is 521. The molecule has 0 saturated heterocycles. The topological polar surface area (TPSA) is 55.9 Å². The standard InChI is InChI=1S/C13H17FN4/c1-18-13(10-4-2-5-11(14)8-10)12(9-17-18)16-7-3-6-15/h2,4-5,8-9,16H,3,6-7,15H2,1H3. The molecule has 0 aliphatic carbocycles. The largest absolute Gasteiger partial charge is 0.382 e. The third-order valence-electron chi connectivity index (χ3n) is 2.73. The molecule has 2 aromatic rings. The number of nitrogens with zero attached hydrogens (tertiary/aromatic N) is 2. The first-order chi connectivity index (χ1) is 8.72. The van der Waals surface area contributed by atoms with Crippen molar-refractivity contribution >= 4 is 5.69 Å². The number of anilines is 1. The van der Waals surface area contributed by atoms with Gasteiger partial charge in [-0.2, -0.15) is 5.10 Å². The van der Waals surface area contributed by atoms with Crippen LogP contribution in [0.5, 0.6) is 0 Å². The number of nitrogens with two attached hydrogens (primary N) is 1. The van der Waals surface area contributed by atoms with Crippen LogP contribution in [0.25, 0.3) is 11.3 Å². The summed E-state index contributed by atoms with van der Waals surface area (Å²) < 4.78 is 15.0. The quantitative estimate of drug-likeness (QED) is 0.796. The van der Waals surface area contributed by atoms with Crippen LogP contribution in [0.15, 0.2) is 30.5 Å². The lowest BCUT2D eigenvalue weighted by Gasteiger charge is -2.08. The Morgan fingerprint density at radius 3 is 3.00 bits per heavy atom. The van der Waals surface area contributed by atoms with Gasteiger partial charge in [-0.15, -0.1) is 0 Å². The molecule has 0 amide bonds. The van der Waals surface area contributed by atoms with E-state index in [1.54, 1.807) is 16.9 Å². The third-order valence-corrected chi connectivity index (χ3v) is 2.73. The van der Waals surface area contributed by atoms with E-state index in [1.807, 2.05) is 13.1 Å². The molecule has 0 aliphatic heterocycles. The fourth-order valence-corrected chi connectivity index (χ4v) is 1.87. The first kappa shape index (κ1) is 12.6. The van der Waals surface area contributed by atoms with Crippen molar-refractivity contribution in [1.82, 2.24) is 9.78 Å². The van der Waals surface area contributed by atoms with E-state index in [4.69, 9.17) is 5.73 Å². The highest BCUT2D eigenvalue weighted by atomic mass is 19.1. The summed E-state index contributed by atoms with van der Waals surface area (Å²) in [5.74, 6) is -0.249. The maximum Gasteiger partial charge on any atom is 0.123 e. The molecule has 0 aliphatic rings. The van der Waals surface area contributed by atoms with Gasteiger partial charge in [0.2, 0.25) is 0 Å². The van der Waals surface area contributed by atoms with Gasteiger partial charge in [0.05, 0.1) is 17.6 Å². The van der Waals surface area contributed by atoms with Crippen molar-refractivity contribution in [2.75, 3.05) is 18.4 Å². The lowest BCUT2D eigenvalue weighted by Crippen LogP contribution is -2.08. The molecular weight excluding hydrogens is 231 g/mol. The summed E-state index contributed by atoms with van der Waals surface area (Å²) in [6.45, 7) is 1.42. The molecule has 1 heterocycles. The Labute approximate surface area is 106 Å². The van der Waals surface area contributed by atoms with Crippen molar-refractivity contribution in [2.45, 2.75) is 6.42 Å². The number of halogens is 1. The van der Waals surface area contributed by atoms with Crippen LogP contribution in [0.2, 0.25) is 0 Å². The van der Waals surface area contributed by atoms with Crippen molar-refractivity contribution < 1.29 is 4.39 Å². The van der Waals surface area contributed by atoms with Crippen LogP contribution in [0.4, 0.5) is 10.1 Å². The zero-order valence-electron chi connectivity index (χ0n) is 10.4. The van der Waals surface area contributed by atoms with Crippen LogP contribution in [-0.4, -0.2) is 22.9 Å². The summed E-state index contributed by atoms with van der Waals surface area (Å²) in [5, 5.41) is 7.47. The normalized spacial score (nSPS) is 10.6. The summed E-state index contributed by atoms with van der Waals surface area (Å²) in [7, 11) is 1.84. The molecule has 96 valence electrons. The molecule has 0 bridgehead atoms. The molecule has 18 heavy (non-hydrogen) atoms. The summed E-state index contributed by atoms with van der Waals surface area (Å²) >= 11 is 0. The predicted molar refractivity (Wildman–Crippen MR) is 70.8 cm³/mol. The van der Waals surface area contributed by atoms with Gasteiger partial charge in [0.25, 0.3) is 0 Å². The van der Waals surface area contributed by atoms with Crippen LogP contribution in [-0.2, 0) is 7.05 Å². The number of benzene rings is 1. The molecule has 0 spiro atoms. The lowest BCUT2D eigenvalue weighted by molar-refractivity contribution is 0.628. The minimum atomic E-state index is -0.249. The first-order valence-corrected chi connectivity index (χ1v) is 5.94. The predicted octanol–water partition coefficient (Wildman–Crippen LogP) is 1.99. The maximum absolute atomic E-state index is 13.3. The van der Waals surface area contributed by atoms with Crippen LogP contribution >= 0.6 is 0 Å². The number of nitrogens with one attached hydrogen (secondary N) is 1. The van der Waals surface area contributed by atoms with Crippen molar-refractivity contribution in [3.63, 3.8) is 0 Å². The first-order valence-electron chi connectivity index (χ1n) is 5.94.